The second-order valence-electron chi connectivity index (χ2n) is 6.47. The maximum Gasteiger partial charge on any atom is 0.123 e. The van der Waals surface area contributed by atoms with Crippen LogP contribution in [0.1, 0.15) is 31.2 Å². The van der Waals surface area contributed by atoms with Crippen LogP contribution < -0.4 is 5.73 Å². The van der Waals surface area contributed by atoms with E-state index in [1.54, 1.807) is 12.1 Å². The average molecular weight is 349 g/mol. The first-order valence-electron chi connectivity index (χ1n) is 7.95. The highest BCUT2D eigenvalue weighted by molar-refractivity contribution is 5.85. The van der Waals surface area contributed by atoms with E-state index in [-0.39, 0.29) is 30.6 Å². The lowest BCUT2D eigenvalue weighted by Gasteiger charge is -2.50. The van der Waals surface area contributed by atoms with Crippen LogP contribution in [0, 0.1) is 17.7 Å². The number of fused-ring (bicyclic) bond motifs is 3. The topological polar surface area (TPSA) is 29.3 Å². The molecule has 2 heterocycles. The molecule has 0 radical (unpaired) electrons. The van der Waals surface area contributed by atoms with Crippen LogP contribution in [0.5, 0.6) is 0 Å². The van der Waals surface area contributed by atoms with Gasteiger partial charge in [0.1, 0.15) is 5.82 Å². The largest absolute Gasteiger partial charge is 0.330 e. The number of piperidine rings is 2. The molecular formula is C17H27Cl2FN2. The quantitative estimate of drug-likeness (QED) is 0.879. The predicted molar refractivity (Wildman–Crippen MR) is 94.5 cm³/mol. The monoisotopic (exact) mass is 348 g/mol. The minimum atomic E-state index is -0.136. The zero-order valence-electron chi connectivity index (χ0n) is 12.9. The van der Waals surface area contributed by atoms with Crippen LogP contribution in [-0.4, -0.2) is 30.6 Å². The lowest BCUT2D eigenvalue weighted by molar-refractivity contribution is 0.00118. The Labute approximate surface area is 145 Å². The van der Waals surface area contributed by atoms with Crippen molar-refractivity contribution in [3.63, 3.8) is 0 Å². The Kier molecular flexibility index (Phi) is 8.12. The van der Waals surface area contributed by atoms with Crippen LogP contribution in [-0.2, 0) is 6.42 Å². The van der Waals surface area contributed by atoms with E-state index in [1.807, 2.05) is 12.1 Å². The van der Waals surface area contributed by atoms with Crippen LogP contribution in [0.25, 0.3) is 0 Å². The van der Waals surface area contributed by atoms with Crippen molar-refractivity contribution in [2.24, 2.45) is 17.6 Å². The van der Waals surface area contributed by atoms with Gasteiger partial charge in [-0.05, 0) is 74.7 Å². The molecule has 0 spiro atoms. The molecule has 0 amide bonds. The lowest BCUT2D eigenvalue weighted by Crippen LogP contribution is -2.53. The number of hydrogen-bond donors (Lipinski definition) is 1. The highest BCUT2D eigenvalue weighted by Crippen LogP contribution is 2.40. The van der Waals surface area contributed by atoms with Crippen molar-refractivity contribution in [2.45, 2.75) is 38.1 Å². The molecule has 126 valence electrons. The molecule has 2 bridgehead atoms. The van der Waals surface area contributed by atoms with Gasteiger partial charge in [-0.3, -0.25) is 4.90 Å². The zero-order valence-corrected chi connectivity index (χ0v) is 14.6. The number of hydrogen-bond acceptors (Lipinski definition) is 2. The van der Waals surface area contributed by atoms with Crippen molar-refractivity contribution >= 4 is 24.8 Å². The predicted octanol–water partition coefficient (Wildman–Crippen LogP) is 3.66. The van der Waals surface area contributed by atoms with Gasteiger partial charge in [-0.15, -0.1) is 24.8 Å². The third kappa shape index (κ3) is 4.58. The lowest BCUT2D eigenvalue weighted by atomic mass is 9.70. The Bertz CT molecular complexity index is 441. The van der Waals surface area contributed by atoms with Crippen LogP contribution in [0.2, 0.25) is 0 Å². The number of halogens is 3. The second kappa shape index (κ2) is 9.07. The highest BCUT2D eigenvalue weighted by Gasteiger charge is 2.39. The minimum absolute atomic E-state index is 0. The summed E-state index contributed by atoms with van der Waals surface area (Å²) in [5.41, 5.74) is 6.93. The molecular weight excluding hydrogens is 322 g/mol. The third-order valence-corrected chi connectivity index (χ3v) is 5.07. The molecule has 5 heteroatoms. The SMILES string of the molecule is Cl.Cl.NCCCN1C[C@@H]2CC[C@@H]1[C@H](Cc1ccc(F)cc1)C2. The Morgan fingerprint density at radius 1 is 1.14 bits per heavy atom. The number of benzene rings is 1. The van der Waals surface area contributed by atoms with E-state index < -0.39 is 0 Å². The first-order chi connectivity index (χ1) is 9.76. The maximum atomic E-state index is 13.0. The van der Waals surface area contributed by atoms with Crippen molar-refractivity contribution in [1.29, 1.82) is 0 Å². The van der Waals surface area contributed by atoms with Gasteiger partial charge < -0.3 is 5.73 Å². The zero-order chi connectivity index (χ0) is 13.9. The third-order valence-electron chi connectivity index (χ3n) is 5.07. The van der Waals surface area contributed by atoms with E-state index in [0.29, 0.717) is 0 Å². The molecule has 0 unspecified atom stereocenters. The summed E-state index contributed by atoms with van der Waals surface area (Å²) in [6.07, 6.45) is 6.28. The summed E-state index contributed by atoms with van der Waals surface area (Å²) < 4.78 is 13.0. The van der Waals surface area contributed by atoms with Gasteiger partial charge in [0.25, 0.3) is 0 Å². The van der Waals surface area contributed by atoms with Gasteiger partial charge in [0.2, 0.25) is 0 Å². The van der Waals surface area contributed by atoms with Crippen molar-refractivity contribution in [3.8, 4) is 0 Å². The summed E-state index contributed by atoms with van der Waals surface area (Å²) in [7, 11) is 0. The Morgan fingerprint density at radius 2 is 1.86 bits per heavy atom. The van der Waals surface area contributed by atoms with E-state index in [2.05, 4.69) is 4.90 Å². The van der Waals surface area contributed by atoms with Gasteiger partial charge >= 0.3 is 0 Å². The van der Waals surface area contributed by atoms with Gasteiger partial charge in [0.05, 0.1) is 0 Å². The van der Waals surface area contributed by atoms with Crippen molar-refractivity contribution in [3.05, 3.63) is 35.6 Å². The fourth-order valence-electron chi connectivity index (χ4n) is 4.15. The molecule has 3 fully saturated rings. The summed E-state index contributed by atoms with van der Waals surface area (Å²) in [4.78, 5) is 2.67. The molecule has 1 aromatic rings. The van der Waals surface area contributed by atoms with E-state index in [9.17, 15) is 4.39 Å². The smallest absolute Gasteiger partial charge is 0.123 e. The van der Waals surface area contributed by atoms with E-state index >= 15 is 0 Å². The van der Waals surface area contributed by atoms with Crippen LogP contribution >= 0.6 is 24.8 Å². The van der Waals surface area contributed by atoms with Crippen LogP contribution in [0.3, 0.4) is 0 Å². The summed E-state index contributed by atoms with van der Waals surface area (Å²) in [6.45, 7) is 3.21. The maximum absolute atomic E-state index is 13.0. The first-order valence-corrected chi connectivity index (χ1v) is 7.95. The normalized spacial score (nSPS) is 27.1. The summed E-state index contributed by atoms with van der Waals surface area (Å²) >= 11 is 0. The van der Waals surface area contributed by atoms with E-state index in [0.717, 1.165) is 43.8 Å². The molecule has 2 N–H and O–H groups in total. The number of nitrogens with zero attached hydrogens (tertiary/aromatic N) is 1. The summed E-state index contributed by atoms with van der Waals surface area (Å²) in [6, 6.07) is 7.78. The molecule has 3 atom stereocenters. The van der Waals surface area contributed by atoms with Gasteiger partial charge in [-0.1, -0.05) is 12.1 Å². The van der Waals surface area contributed by atoms with Gasteiger partial charge in [0.15, 0.2) is 0 Å². The highest BCUT2D eigenvalue weighted by atomic mass is 35.5. The number of rotatable bonds is 5. The van der Waals surface area contributed by atoms with Gasteiger partial charge in [0, 0.05) is 12.6 Å². The standard InChI is InChI=1S/C17H25FN2.2ClH/c18-16-5-2-13(3-6-16)10-15-11-14-4-7-17(15)20(12-14)9-1-8-19;;/h2-3,5-6,14-15,17H,1,4,7-12,19H2;2*1H/t14-,15-,17-;;/m1../s1. The molecule has 3 aliphatic rings. The molecule has 4 rings (SSSR count). The van der Waals surface area contributed by atoms with Gasteiger partial charge in [-0.2, -0.15) is 0 Å². The van der Waals surface area contributed by atoms with Crippen molar-refractivity contribution < 1.29 is 4.39 Å². The first kappa shape index (κ1) is 19.7. The fraction of sp³-hybridized carbons (Fsp3) is 0.647. The Balaban J connectivity index is 0.00000121. The fourth-order valence-corrected chi connectivity index (χ4v) is 4.15. The average Bonchev–Trinajstić information content (AvgIpc) is 2.48. The van der Waals surface area contributed by atoms with E-state index in [4.69, 9.17) is 5.73 Å². The summed E-state index contributed by atoms with van der Waals surface area (Å²) in [5, 5.41) is 0. The Hall–Kier alpha value is -0.350. The van der Waals surface area contributed by atoms with E-state index in [1.165, 1.54) is 31.4 Å². The molecule has 1 aliphatic carbocycles. The molecule has 22 heavy (non-hydrogen) atoms. The van der Waals surface area contributed by atoms with Crippen LogP contribution in [0.15, 0.2) is 24.3 Å². The number of nitrogens with two attached hydrogens (primary N) is 1. The molecule has 2 saturated heterocycles. The van der Waals surface area contributed by atoms with Crippen molar-refractivity contribution in [1.82, 2.24) is 4.90 Å². The minimum Gasteiger partial charge on any atom is -0.330 e. The summed E-state index contributed by atoms with van der Waals surface area (Å²) in [5.74, 6) is 1.47. The molecule has 0 aromatic heterocycles. The molecule has 1 saturated carbocycles. The van der Waals surface area contributed by atoms with Crippen molar-refractivity contribution in [2.75, 3.05) is 19.6 Å². The molecule has 1 aromatic carbocycles. The Morgan fingerprint density at radius 3 is 2.50 bits per heavy atom. The molecule has 2 nitrogen and oxygen atoms in total. The molecule has 2 aliphatic heterocycles. The van der Waals surface area contributed by atoms with Crippen LogP contribution in [0.4, 0.5) is 4.39 Å². The second-order valence-corrected chi connectivity index (χ2v) is 6.47. The van der Waals surface area contributed by atoms with Gasteiger partial charge in [-0.25, -0.2) is 4.39 Å².